The SMILES string of the molecule is CC(C)(C)[Si](C)(C)OC[C@H]1CC[C@H](c2nnn3cnc4[nH]ccc4c23)CC1. The van der Waals surface area contributed by atoms with Gasteiger partial charge in [0.2, 0.25) is 0 Å². The largest absolute Gasteiger partial charge is 0.417 e. The highest BCUT2D eigenvalue weighted by molar-refractivity contribution is 6.74. The number of fused-ring (bicyclic) bond motifs is 3. The lowest BCUT2D eigenvalue weighted by molar-refractivity contribution is 0.185. The van der Waals surface area contributed by atoms with Gasteiger partial charge in [-0.2, -0.15) is 0 Å². The zero-order valence-electron chi connectivity index (χ0n) is 17.1. The molecule has 1 aliphatic carbocycles. The summed E-state index contributed by atoms with van der Waals surface area (Å²) in [5, 5.41) is 10.2. The van der Waals surface area contributed by atoms with Crippen molar-refractivity contribution in [1.29, 1.82) is 0 Å². The second-order valence-electron chi connectivity index (χ2n) is 9.54. The lowest BCUT2D eigenvalue weighted by Gasteiger charge is -2.38. The first-order chi connectivity index (χ1) is 12.8. The highest BCUT2D eigenvalue weighted by Crippen LogP contribution is 2.40. The zero-order valence-corrected chi connectivity index (χ0v) is 18.1. The van der Waals surface area contributed by atoms with Crippen molar-refractivity contribution in [3.05, 3.63) is 24.3 Å². The van der Waals surface area contributed by atoms with Gasteiger partial charge in [-0.3, -0.25) is 0 Å². The molecule has 7 heteroatoms. The Balaban J connectivity index is 1.44. The van der Waals surface area contributed by atoms with Crippen LogP contribution >= 0.6 is 0 Å². The van der Waals surface area contributed by atoms with Gasteiger partial charge in [0, 0.05) is 24.1 Å². The summed E-state index contributed by atoms with van der Waals surface area (Å²) in [4.78, 5) is 7.59. The maximum atomic E-state index is 6.47. The summed E-state index contributed by atoms with van der Waals surface area (Å²) >= 11 is 0. The van der Waals surface area contributed by atoms with Gasteiger partial charge < -0.3 is 9.41 Å². The summed E-state index contributed by atoms with van der Waals surface area (Å²) < 4.78 is 8.29. The van der Waals surface area contributed by atoms with E-state index >= 15 is 0 Å². The molecule has 146 valence electrons. The second kappa shape index (κ2) is 6.70. The van der Waals surface area contributed by atoms with Crippen molar-refractivity contribution in [2.45, 2.75) is 70.5 Å². The molecule has 0 radical (unpaired) electrons. The smallest absolute Gasteiger partial charge is 0.191 e. The number of hydrogen-bond acceptors (Lipinski definition) is 4. The van der Waals surface area contributed by atoms with E-state index in [1.807, 2.05) is 10.7 Å². The van der Waals surface area contributed by atoms with E-state index in [0.29, 0.717) is 11.8 Å². The molecule has 3 heterocycles. The van der Waals surface area contributed by atoms with Crippen molar-refractivity contribution in [3.63, 3.8) is 0 Å². The van der Waals surface area contributed by atoms with Crippen molar-refractivity contribution < 1.29 is 4.43 Å². The molecule has 6 nitrogen and oxygen atoms in total. The zero-order chi connectivity index (χ0) is 19.2. The standard InChI is InChI=1S/C20H31N5OSi/c1-20(2,3)27(4,5)26-12-14-6-8-15(9-7-14)17-18-16-10-11-21-19(16)22-13-25(18)24-23-17/h10-11,13-15,21H,6-9,12H2,1-5H3/t14-,15-. The first-order valence-corrected chi connectivity index (χ1v) is 13.0. The molecule has 0 atom stereocenters. The van der Waals surface area contributed by atoms with Crippen molar-refractivity contribution in [3.8, 4) is 0 Å². The summed E-state index contributed by atoms with van der Waals surface area (Å²) in [6.45, 7) is 12.5. The molecule has 1 fully saturated rings. The summed E-state index contributed by atoms with van der Waals surface area (Å²) in [5.74, 6) is 1.15. The van der Waals surface area contributed by atoms with Gasteiger partial charge in [-0.15, -0.1) is 5.10 Å². The summed E-state index contributed by atoms with van der Waals surface area (Å²) in [6, 6.07) is 2.07. The Morgan fingerprint density at radius 2 is 1.96 bits per heavy atom. The normalized spacial score (nSPS) is 22.0. The number of nitrogens with zero attached hydrogens (tertiary/aromatic N) is 4. The number of hydrogen-bond donors (Lipinski definition) is 1. The fraction of sp³-hybridized carbons (Fsp3) is 0.650. The van der Waals surface area contributed by atoms with Gasteiger partial charge in [0.15, 0.2) is 8.32 Å². The van der Waals surface area contributed by atoms with Crippen LogP contribution < -0.4 is 0 Å². The minimum Gasteiger partial charge on any atom is -0.417 e. The van der Waals surface area contributed by atoms with Gasteiger partial charge in [-0.25, -0.2) is 9.50 Å². The third-order valence-corrected chi connectivity index (χ3v) is 11.2. The van der Waals surface area contributed by atoms with Gasteiger partial charge in [-0.1, -0.05) is 26.0 Å². The summed E-state index contributed by atoms with van der Waals surface area (Å²) in [5.41, 5.74) is 3.15. The van der Waals surface area contributed by atoms with Crippen molar-refractivity contribution in [2.75, 3.05) is 6.61 Å². The van der Waals surface area contributed by atoms with Crippen LogP contribution in [0, 0.1) is 5.92 Å². The Bertz CT molecular complexity index is 931. The Morgan fingerprint density at radius 1 is 1.22 bits per heavy atom. The van der Waals surface area contributed by atoms with Crippen LogP contribution in [0.3, 0.4) is 0 Å². The average Bonchev–Trinajstić information content (AvgIpc) is 3.25. The van der Waals surface area contributed by atoms with Crippen LogP contribution in [0.2, 0.25) is 18.1 Å². The van der Waals surface area contributed by atoms with E-state index in [2.05, 4.69) is 60.2 Å². The first kappa shape index (κ1) is 18.6. The molecule has 1 aliphatic rings. The average molecular weight is 386 g/mol. The van der Waals surface area contributed by atoms with Gasteiger partial charge >= 0.3 is 0 Å². The highest BCUT2D eigenvalue weighted by atomic mass is 28.4. The lowest BCUT2D eigenvalue weighted by Crippen LogP contribution is -2.42. The molecule has 3 aromatic heterocycles. The van der Waals surface area contributed by atoms with E-state index in [9.17, 15) is 0 Å². The minimum absolute atomic E-state index is 0.279. The van der Waals surface area contributed by atoms with Crippen LogP contribution in [0.25, 0.3) is 16.6 Å². The van der Waals surface area contributed by atoms with E-state index in [1.54, 1.807) is 6.33 Å². The second-order valence-corrected chi connectivity index (χ2v) is 14.4. The van der Waals surface area contributed by atoms with Gasteiger partial charge in [0.1, 0.15) is 17.5 Å². The molecule has 0 bridgehead atoms. The van der Waals surface area contributed by atoms with Crippen molar-refractivity contribution >= 4 is 24.9 Å². The molecular weight excluding hydrogens is 354 g/mol. The Hall–Kier alpha value is -1.73. The number of H-pyrrole nitrogens is 1. The van der Waals surface area contributed by atoms with Gasteiger partial charge in [0.05, 0.1) is 5.69 Å². The van der Waals surface area contributed by atoms with Gasteiger partial charge in [0.25, 0.3) is 0 Å². The van der Waals surface area contributed by atoms with Crippen LogP contribution in [0.5, 0.6) is 0 Å². The molecule has 0 aliphatic heterocycles. The third-order valence-electron chi connectivity index (χ3n) is 6.72. The molecule has 0 saturated heterocycles. The fourth-order valence-electron chi connectivity index (χ4n) is 3.84. The quantitative estimate of drug-likeness (QED) is 0.649. The van der Waals surface area contributed by atoms with E-state index < -0.39 is 8.32 Å². The molecule has 0 spiro atoms. The minimum atomic E-state index is -1.65. The molecular formula is C20H31N5OSi. The van der Waals surface area contributed by atoms with E-state index in [1.165, 1.54) is 12.8 Å². The summed E-state index contributed by atoms with van der Waals surface area (Å²) in [7, 11) is -1.65. The van der Waals surface area contributed by atoms with Crippen LogP contribution in [0.4, 0.5) is 0 Å². The first-order valence-electron chi connectivity index (χ1n) is 10.1. The van der Waals surface area contributed by atoms with E-state index in [0.717, 1.165) is 41.7 Å². The number of aromatic nitrogens is 5. The Morgan fingerprint density at radius 3 is 2.67 bits per heavy atom. The lowest BCUT2D eigenvalue weighted by atomic mass is 9.80. The van der Waals surface area contributed by atoms with Crippen molar-refractivity contribution in [1.82, 2.24) is 24.8 Å². The number of nitrogens with one attached hydrogen (secondary N) is 1. The monoisotopic (exact) mass is 385 g/mol. The predicted octanol–water partition coefficient (Wildman–Crippen LogP) is 4.90. The molecule has 3 aromatic rings. The maximum absolute atomic E-state index is 6.47. The highest BCUT2D eigenvalue weighted by Gasteiger charge is 2.38. The van der Waals surface area contributed by atoms with Crippen LogP contribution in [0.15, 0.2) is 18.6 Å². The van der Waals surface area contributed by atoms with Gasteiger partial charge in [-0.05, 0) is 55.8 Å². The topological polar surface area (TPSA) is 68.1 Å². The maximum Gasteiger partial charge on any atom is 0.191 e. The van der Waals surface area contributed by atoms with E-state index in [4.69, 9.17) is 4.43 Å². The molecule has 1 N–H and O–H groups in total. The van der Waals surface area contributed by atoms with Crippen LogP contribution in [0.1, 0.15) is 58.1 Å². The van der Waals surface area contributed by atoms with Crippen molar-refractivity contribution in [2.24, 2.45) is 5.92 Å². The fourth-order valence-corrected chi connectivity index (χ4v) is 4.92. The Labute approximate surface area is 161 Å². The molecule has 0 unspecified atom stereocenters. The van der Waals surface area contributed by atoms with Crippen LogP contribution in [-0.4, -0.2) is 39.7 Å². The number of rotatable bonds is 4. The predicted molar refractivity (Wildman–Crippen MR) is 110 cm³/mol. The summed E-state index contributed by atoms with van der Waals surface area (Å²) in [6.07, 6.45) is 8.43. The molecule has 1 saturated carbocycles. The molecule has 4 rings (SSSR count). The molecule has 0 aromatic carbocycles. The third kappa shape index (κ3) is 3.43. The Kier molecular flexibility index (Phi) is 4.62. The number of aromatic amines is 1. The molecule has 27 heavy (non-hydrogen) atoms. The van der Waals surface area contributed by atoms with E-state index in [-0.39, 0.29) is 5.04 Å². The van der Waals surface area contributed by atoms with Crippen LogP contribution in [-0.2, 0) is 4.43 Å². The molecule has 0 amide bonds.